The third-order valence-electron chi connectivity index (χ3n) is 11.9. The topological polar surface area (TPSA) is 124 Å². The summed E-state index contributed by atoms with van der Waals surface area (Å²) in [5.74, 6) is 0.524. The molecule has 0 spiro atoms. The lowest BCUT2D eigenvalue weighted by atomic mass is 9.94. The maximum atomic E-state index is 14.4. The van der Waals surface area contributed by atoms with Crippen molar-refractivity contribution >= 4 is 17.9 Å². The number of amides is 3. The molecule has 6 aromatic rings. The Morgan fingerprint density at radius 3 is 1.71 bits per heavy atom. The van der Waals surface area contributed by atoms with Gasteiger partial charge < -0.3 is 34.9 Å². The van der Waals surface area contributed by atoms with Crippen LogP contribution in [-0.4, -0.2) is 51.4 Å². The standard InChI is InChI=1S/C53H55N3O7/c1-7-35(4)49(56-53(59)63-31-46-43-14-10-8-12-41(43)42-13-9-11-15-44(42)46)52(58)55-51(45-29-28-40(60-5)30-47(45)61-6)38-24-26-39(27-25-38)62-32-48(57)54-50(36-20-16-33(2)17-21-36)37-22-18-34(3)19-23-37/h8-30,35,46,49-51H,7,31-32H2,1-6H3,(H,54,57)(H,55,58)(H,56,59)/t35-,49-,51?/m0/s1. The van der Waals surface area contributed by atoms with Gasteiger partial charge in [0.25, 0.3) is 5.91 Å². The van der Waals surface area contributed by atoms with E-state index in [2.05, 4.69) is 40.2 Å². The van der Waals surface area contributed by atoms with Crippen LogP contribution in [0.5, 0.6) is 17.2 Å². The number of hydrogen-bond acceptors (Lipinski definition) is 7. The lowest BCUT2D eigenvalue weighted by molar-refractivity contribution is -0.125. The zero-order chi connectivity index (χ0) is 44.5. The summed E-state index contributed by atoms with van der Waals surface area (Å²) in [5.41, 5.74) is 10.0. The third kappa shape index (κ3) is 10.4. The smallest absolute Gasteiger partial charge is 0.407 e. The Labute approximate surface area is 370 Å². The molecule has 7 rings (SSSR count). The number of fused-ring (bicyclic) bond motifs is 3. The van der Waals surface area contributed by atoms with Crippen molar-refractivity contribution < 1.29 is 33.3 Å². The van der Waals surface area contributed by atoms with Crippen LogP contribution in [-0.2, 0) is 14.3 Å². The Morgan fingerprint density at radius 1 is 0.619 bits per heavy atom. The highest BCUT2D eigenvalue weighted by Crippen LogP contribution is 2.44. The van der Waals surface area contributed by atoms with Gasteiger partial charge in [0.05, 0.1) is 26.3 Å². The Hall–Kier alpha value is -7.07. The van der Waals surface area contributed by atoms with Gasteiger partial charge in [0.2, 0.25) is 5.91 Å². The quantitative estimate of drug-likeness (QED) is 0.0836. The fourth-order valence-corrected chi connectivity index (χ4v) is 8.08. The van der Waals surface area contributed by atoms with Crippen molar-refractivity contribution in [3.05, 3.63) is 184 Å². The molecule has 0 radical (unpaired) electrons. The number of methoxy groups -OCH3 is 2. The number of nitrogens with one attached hydrogen (secondary N) is 3. The van der Waals surface area contributed by atoms with Gasteiger partial charge in [0.15, 0.2) is 6.61 Å². The second-order valence-electron chi connectivity index (χ2n) is 16.1. The zero-order valence-corrected chi connectivity index (χ0v) is 36.6. The first-order chi connectivity index (χ1) is 30.6. The molecule has 0 aromatic heterocycles. The van der Waals surface area contributed by atoms with Gasteiger partial charge in [-0.25, -0.2) is 4.79 Å². The van der Waals surface area contributed by atoms with Gasteiger partial charge >= 0.3 is 6.09 Å². The molecule has 63 heavy (non-hydrogen) atoms. The van der Waals surface area contributed by atoms with Crippen LogP contribution in [0.25, 0.3) is 11.1 Å². The van der Waals surface area contributed by atoms with Crippen molar-refractivity contribution in [2.45, 2.75) is 58.2 Å². The fraction of sp³-hybridized carbons (Fsp3) is 0.264. The first-order valence-electron chi connectivity index (χ1n) is 21.4. The van der Waals surface area contributed by atoms with Crippen LogP contribution < -0.4 is 30.2 Å². The summed E-state index contributed by atoms with van der Waals surface area (Å²) >= 11 is 0. The van der Waals surface area contributed by atoms with Gasteiger partial charge in [0.1, 0.15) is 29.9 Å². The molecular formula is C53H55N3O7. The van der Waals surface area contributed by atoms with Crippen molar-refractivity contribution in [2.24, 2.45) is 5.92 Å². The molecular weight excluding hydrogens is 791 g/mol. The summed E-state index contributed by atoms with van der Waals surface area (Å²) in [4.78, 5) is 41.3. The Kier molecular flexibility index (Phi) is 14.1. The van der Waals surface area contributed by atoms with Gasteiger partial charge in [-0.3, -0.25) is 9.59 Å². The first-order valence-corrected chi connectivity index (χ1v) is 21.4. The van der Waals surface area contributed by atoms with Gasteiger partial charge in [-0.15, -0.1) is 0 Å². The molecule has 0 saturated heterocycles. The molecule has 324 valence electrons. The minimum atomic E-state index is -0.915. The van der Waals surface area contributed by atoms with Crippen LogP contribution in [0.15, 0.2) is 140 Å². The number of hydrogen-bond donors (Lipinski definition) is 3. The first kappa shape index (κ1) is 44.0. The molecule has 10 heteroatoms. The SMILES string of the molecule is CC[C@H](C)[C@H](NC(=O)OCC1c2ccccc2-c2ccccc21)C(=O)NC(c1ccc(OCC(=O)NC(c2ccc(C)cc2)c2ccc(C)cc2)cc1)c1ccc(OC)cc1OC. The maximum absolute atomic E-state index is 14.4. The average molecular weight is 846 g/mol. The summed E-state index contributed by atoms with van der Waals surface area (Å²) in [6.07, 6.45) is -0.0558. The fourth-order valence-electron chi connectivity index (χ4n) is 8.08. The third-order valence-corrected chi connectivity index (χ3v) is 11.9. The number of ether oxygens (including phenoxy) is 4. The molecule has 1 aliphatic carbocycles. The highest BCUT2D eigenvalue weighted by molar-refractivity contribution is 5.87. The Balaban J connectivity index is 1.06. The van der Waals surface area contributed by atoms with E-state index < -0.39 is 24.1 Å². The van der Waals surface area contributed by atoms with Crippen molar-refractivity contribution in [1.29, 1.82) is 0 Å². The minimum absolute atomic E-state index is 0.122. The molecule has 1 aliphatic rings. The molecule has 6 aromatic carbocycles. The molecule has 3 atom stereocenters. The normalized spacial score (nSPS) is 13.2. The Bertz CT molecular complexity index is 2430. The summed E-state index contributed by atoms with van der Waals surface area (Å²) in [5, 5.41) is 9.23. The van der Waals surface area contributed by atoms with Crippen molar-refractivity contribution in [2.75, 3.05) is 27.4 Å². The predicted molar refractivity (Wildman–Crippen MR) is 245 cm³/mol. The van der Waals surface area contributed by atoms with E-state index in [4.69, 9.17) is 18.9 Å². The van der Waals surface area contributed by atoms with Gasteiger partial charge in [0, 0.05) is 17.5 Å². The number of aryl methyl sites for hydroxylation is 2. The van der Waals surface area contributed by atoms with Gasteiger partial charge in [-0.05, 0) is 83.0 Å². The maximum Gasteiger partial charge on any atom is 0.407 e. The number of benzene rings is 6. The molecule has 3 N–H and O–H groups in total. The lowest BCUT2D eigenvalue weighted by Crippen LogP contribution is -2.51. The van der Waals surface area contributed by atoms with E-state index in [1.807, 2.05) is 119 Å². The monoisotopic (exact) mass is 845 g/mol. The molecule has 0 heterocycles. The second kappa shape index (κ2) is 20.2. The largest absolute Gasteiger partial charge is 0.497 e. The lowest BCUT2D eigenvalue weighted by Gasteiger charge is -2.28. The van der Waals surface area contributed by atoms with Crippen LogP contribution >= 0.6 is 0 Å². The Morgan fingerprint density at radius 2 is 1.16 bits per heavy atom. The summed E-state index contributed by atoms with van der Waals surface area (Å²) < 4.78 is 23.1. The summed E-state index contributed by atoms with van der Waals surface area (Å²) in [7, 11) is 3.13. The van der Waals surface area contributed by atoms with Crippen LogP contribution in [0.2, 0.25) is 0 Å². The van der Waals surface area contributed by atoms with E-state index in [1.54, 1.807) is 38.5 Å². The van der Waals surface area contributed by atoms with Crippen LogP contribution in [0.3, 0.4) is 0 Å². The highest BCUT2D eigenvalue weighted by Gasteiger charge is 2.33. The number of carbonyl (C=O) groups is 3. The summed E-state index contributed by atoms with van der Waals surface area (Å²) in [6, 6.07) is 43.1. The van der Waals surface area contributed by atoms with Crippen molar-refractivity contribution in [1.82, 2.24) is 16.0 Å². The number of alkyl carbamates (subject to hydrolysis) is 1. The minimum Gasteiger partial charge on any atom is -0.497 e. The van der Waals surface area contributed by atoms with Crippen LogP contribution in [0.1, 0.15) is 82.8 Å². The van der Waals surface area contributed by atoms with Gasteiger partial charge in [-0.2, -0.15) is 0 Å². The van der Waals surface area contributed by atoms with Crippen molar-refractivity contribution in [3.63, 3.8) is 0 Å². The molecule has 10 nitrogen and oxygen atoms in total. The van der Waals surface area contributed by atoms with Gasteiger partial charge in [-0.1, -0.05) is 141 Å². The molecule has 0 bridgehead atoms. The van der Waals surface area contributed by atoms with E-state index in [0.29, 0.717) is 34.8 Å². The number of rotatable bonds is 17. The van der Waals surface area contributed by atoms with Crippen LogP contribution in [0.4, 0.5) is 4.79 Å². The van der Waals surface area contributed by atoms with E-state index in [-0.39, 0.29) is 37.0 Å². The van der Waals surface area contributed by atoms with E-state index in [1.165, 1.54) is 0 Å². The predicted octanol–water partition coefficient (Wildman–Crippen LogP) is 9.76. The van der Waals surface area contributed by atoms with E-state index in [0.717, 1.165) is 44.5 Å². The number of carbonyl (C=O) groups excluding carboxylic acids is 3. The second-order valence-corrected chi connectivity index (χ2v) is 16.1. The summed E-state index contributed by atoms with van der Waals surface area (Å²) in [6.45, 7) is 7.86. The molecule has 3 amide bonds. The zero-order valence-electron chi connectivity index (χ0n) is 36.6. The van der Waals surface area contributed by atoms with E-state index in [9.17, 15) is 14.4 Å². The molecule has 0 saturated carbocycles. The molecule has 0 fully saturated rings. The molecule has 0 aliphatic heterocycles. The van der Waals surface area contributed by atoms with Crippen LogP contribution in [0, 0.1) is 19.8 Å². The van der Waals surface area contributed by atoms with E-state index >= 15 is 0 Å². The molecule has 1 unspecified atom stereocenters. The van der Waals surface area contributed by atoms with Crippen molar-refractivity contribution in [3.8, 4) is 28.4 Å². The average Bonchev–Trinajstić information content (AvgIpc) is 3.64. The highest BCUT2D eigenvalue weighted by atomic mass is 16.5.